The van der Waals surface area contributed by atoms with Crippen LogP contribution < -0.4 is 10.2 Å². The molecule has 0 aromatic carbocycles. The highest BCUT2D eigenvalue weighted by Gasteiger charge is 2.11. The lowest BCUT2D eigenvalue weighted by atomic mass is 10.3. The maximum absolute atomic E-state index is 4.33. The lowest BCUT2D eigenvalue weighted by molar-refractivity contribution is 0.589. The summed E-state index contributed by atoms with van der Waals surface area (Å²) >= 11 is 0. The lowest BCUT2D eigenvalue weighted by Crippen LogP contribution is -2.43. The summed E-state index contributed by atoms with van der Waals surface area (Å²) in [4.78, 5) is 6.70. The van der Waals surface area contributed by atoms with E-state index in [0.29, 0.717) is 0 Å². The zero-order valence-corrected chi connectivity index (χ0v) is 9.58. The Hall–Kier alpha value is -1.88. The number of nitrogens with zero attached hydrogens (tertiary/aromatic N) is 4. The Morgan fingerprint density at radius 3 is 2.82 bits per heavy atom. The van der Waals surface area contributed by atoms with Crippen molar-refractivity contribution in [2.24, 2.45) is 0 Å². The first kappa shape index (κ1) is 10.3. The topological polar surface area (TPSA) is 46.0 Å². The summed E-state index contributed by atoms with van der Waals surface area (Å²) in [6.45, 7) is 4.17. The Morgan fingerprint density at radius 1 is 1.18 bits per heavy atom. The van der Waals surface area contributed by atoms with Gasteiger partial charge < -0.3 is 10.2 Å². The van der Waals surface area contributed by atoms with E-state index in [-0.39, 0.29) is 0 Å². The highest BCUT2D eigenvalue weighted by atomic mass is 15.3. The summed E-state index contributed by atoms with van der Waals surface area (Å²) in [6, 6.07) is 6.04. The molecule has 0 aliphatic carbocycles. The Balaban J connectivity index is 1.88. The zero-order chi connectivity index (χ0) is 11.5. The molecule has 0 radical (unpaired) electrons. The van der Waals surface area contributed by atoms with Crippen LogP contribution in [0.1, 0.15) is 0 Å². The second kappa shape index (κ2) is 4.55. The first-order chi connectivity index (χ1) is 8.43. The van der Waals surface area contributed by atoms with Crippen LogP contribution in [0.15, 0.2) is 36.8 Å². The maximum Gasteiger partial charge on any atom is 0.155 e. The van der Waals surface area contributed by atoms with Crippen LogP contribution in [0.3, 0.4) is 0 Å². The summed E-state index contributed by atoms with van der Waals surface area (Å²) in [7, 11) is 0. The summed E-state index contributed by atoms with van der Waals surface area (Å²) in [5.41, 5.74) is 1.21. The van der Waals surface area contributed by atoms with Gasteiger partial charge in [-0.05, 0) is 12.1 Å². The van der Waals surface area contributed by atoms with Gasteiger partial charge in [-0.1, -0.05) is 0 Å². The molecular weight excluding hydrogens is 214 g/mol. The molecular formula is C12H15N5. The highest BCUT2D eigenvalue weighted by Crippen LogP contribution is 2.16. The Labute approximate surface area is 100 Å². The molecule has 2 aromatic rings. The van der Waals surface area contributed by atoms with E-state index in [4.69, 9.17) is 0 Å². The van der Waals surface area contributed by atoms with Crippen molar-refractivity contribution in [2.45, 2.75) is 0 Å². The number of hydrogen-bond donors (Lipinski definition) is 1. The third kappa shape index (κ3) is 2.14. The molecule has 5 heteroatoms. The molecule has 17 heavy (non-hydrogen) atoms. The van der Waals surface area contributed by atoms with Crippen molar-refractivity contribution >= 4 is 5.69 Å². The van der Waals surface area contributed by atoms with E-state index in [2.05, 4.69) is 32.4 Å². The number of hydrogen-bond acceptors (Lipinski definition) is 4. The van der Waals surface area contributed by atoms with E-state index in [1.54, 1.807) is 10.9 Å². The van der Waals surface area contributed by atoms with Gasteiger partial charge in [-0.2, -0.15) is 5.10 Å². The average Bonchev–Trinajstić information content (AvgIpc) is 2.94. The monoisotopic (exact) mass is 229 g/mol. The van der Waals surface area contributed by atoms with E-state index in [9.17, 15) is 0 Å². The van der Waals surface area contributed by atoms with Gasteiger partial charge in [0.15, 0.2) is 5.82 Å². The van der Waals surface area contributed by atoms with Gasteiger partial charge in [-0.15, -0.1) is 0 Å². The molecule has 1 saturated heterocycles. The van der Waals surface area contributed by atoms with Crippen LogP contribution in [0.4, 0.5) is 5.69 Å². The molecule has 0 spiro atoms. The van der Waals surface area contributed by atoms with Gasteiger partial charge in [0.2, 0.25) is 0 Å². The van der Waals surface area contributed by atoms with Crippen LogP contribution in [0, 0.1) is 0 Å². The number of rotatable bonds is 2. The smallest absolute Gasteiger partial charge is 0.155 e. The van der Waals surface area contributed by atoms with Crippen LogP contribution in [-0.4, -0.2) is 40.9 Å². The molecule has 0 bridgehead atoms. The first-order valence-corrected chi connectivity index (χ1v) is 5.85. The number of nitrogens with one attached hydrogen (secondary N) is 1. The molecule has 3 rings (SSSR count). The fourth-order valence-corrected chi connectivity index (χ4v) is 2.06. The van der Waals surface area contributed by atoms with Gasteiger partial charge >= 0.3 is 0 Å². The lowest BCUT2D eigenvalue weighted by Gasteiger charge is -2.29. The quantitative estimate of drug-likeness (QED) is 0.822. The molecule has 0 unspecified atom stereocenters. The van der Waals surface area contributed by atoms with E-state index in [1.165, 1.54) is 5.69 Å². The molecule has 0 amide bonds. The predicted octanol–water partition coefficient (Wildman–Crippen LogP) is 0.677. The van der Waals surface area contributed by atoms with Crippen LogP contribution in [0.2, 0.25) is 0 Å². The highest BCUT2D eigenvalue weighted by molar-refractivity contribution is 5.50. The Bertz CT molecular complexity index is 473. The van der Waals surface area contributed by atoms with E-state index >= 15 is 0 Å². The average molecular weight is 229 g/mol. The fourth-order valence-electron chi connectivity index (χ4n) is 2.06. The summed E-state index contributed by atoms with van der Waals surface area (Å²) in [6.07, 6.45) is 5.51. The van der Waals surface area contributed by atoms with Gasteiger partial charge in [-0.3, -0.25) is 0 Å². The van der Waals surface area contributed by atoms with Crippen molar-refractivity contribution in [1.29, 1.82) is 0 Å². The van der Waals surface area contributed by atoms with Gasteiger partial charge in [-0.25, -0.2) is 9.67 Å². The molecule has 2 aromatic heterocycles. The predicted molar refractivity (Wildman–Crippen MR) is 66.4 cm³/mol. The minimum Gasteiger partial charge on any atom is -0.369 e. The van der Waals surface area contributed by atoms with Crippen molar-refractivity contribution in [1.82, 2.24) is 20.1 Å². The van der Waals surface area contributed by atoms with Gasteiger partial charge in [0.05, 0.1) is 0 Å². The van der Waals surface area contributed by atoms with Crippen molar-refractivity contribution in [2.75, 3.05) is 31.1 Å². The van der Waals surface area contributed by atoms with Crippen LogP contribution in [0.5, 0.6) is 0 Å². The number of piperazine rings is 1. The van der Waals surface area contributed by atoms with Gasteiger partial charge in [0.25, 0.3) is 0 Å². The largest absolute Gasteiger partial charge is 0.369 e. The SMILES string of the molecule is c1cnn(-c2cc(N3CCNCC3)ccn2)c1. The summed E-state index contributed by atoms with van der Waals surface area (Å²) < 4.78 is 1.78. The molecule has 1 aliphatic heterocycles. The van der Waals surface area contributed by atoms with E-state index < -0.39 is 0 Å². The molecule has 1 aliphatic rings. The third-order valence-electron chi connectivity index (χ3n) is 2.95. The van der Waals surface area contributed by atoms with Crippen LogP contribution in [-0.2, 0) is 0 Å². The second-order valence-electron chi connectivity index (χ2n) is 4.06. The van der Waals surface area contributed by atoms with E-state index in [0.717, 1.165) is 32.0 Å². The summed E-state index contributed by atoms with van der Waals surface area (Å²) in [5, 5.41) is 7.55. The molecule has 5 nitrogen and oxygen atoms in total. The molecule has 0 saturated carbocycles. The zero-order valence-electron chi connectivity index (χ0n) is 9.58. The second-order valence-corrected chi connectivity index (χ2v) is 4.06. The van der Waals surface area contributed by atoms with E-state index in [1.807, 2.05) is 18.5 Å². The normalized spacial score (nSPS) is 16.1. The molecule has 0 atom stereocenters. The summed E-state index contributed by atoms with van der Waals surface area (Å²) in [5.74, 6) is 0.867. The number of pyridine rings is 1. The Morgan fingerprint density at radius 2 is 2.06 bits per heavy atom. The standard InChI is InChI=1S/C12H15N5/c1-3-15-17(7-1)12-10-11(2-4-14-12)16-8-5-13-6-9-16/h1-4,7,10,13H,5-6,8-9H2. The van der Waals surface area contributed by atoms with Crippen LogP contribution in [0.25, 0.3) is 5.82 Å². The molecule has 88 valence electrons. The van der Waals surface area contributed by atoms with Gasteiger partial charge in [0, 0.05) is 56.5 Å². The fraction of sp³-hybridized carbons (Fsp3) is 0.333. The van der Waals surface area contributed by atoms with Crippen molar-refractivity contribution in [3.63, 3.8) is 0 Å². The molecule has 3 heterocycles. The van der Waals surface area contributed by atoms with Gasteiger partial charge in [0.1, 0.15) is 0 Å². The number of anilines is 1. The van der Waals surface area contributed by atoms with Crippen LogP contribution >= 0.6 is 0 Å². The maximum atomic E-state index is 4.33. The number of aromatic nitrogens is 3. The minimum absolute atomic E-state index is 0.867. The molecule has 1 fully saturated rings. The first-order valence-electron chi connectivity index (χ1n) is 5.85. The minimum atomic E-state index is 0.867. The Kier molecular flexibility index (Phi) is 2.75. The third-order valence-corrected chi connectivity index (χ3v) is 2.95. The van der Waals surface area contributed by atoms with Crippen molar-refractivity contribution in [3.8, 4) is 5.82 Å². The van der Waals surface area contributed by atoms with Crippen molar-refractivity contribution < 1.29 is 0 Å². The van der Waals surface area contributed by atoms with Crippen molar-refractivity contribution in [3.05, 3.63) is 36.8 Å². The molecule has 1 N–H and O–H groups in total.